The Morgan fingerprint density at radius 2 is 2.33 bits per heavy atom. The van der Waals surface area contributed by atoms with E-state index >= 15 is 0 Å². The lowest BCUT2D eigenvalue weighted by atomic mass is 10.3. The Balaban J connectivity index is 1.80. The van der Waals surface area contributed by atoms with E-state index in [0.29, 0.717) is 16.8 Å². The first-order valence-electron chi connectivity index (χ1n) is 5.75. The van der Waals surface area contributed by atoms with Gasteiger partial charge < -0.3 is 9.72 Å². The molecule has 0 aromatic carbocycles. The van der Waals surface area contributed by atoms with E-state index in [1.807, 2.05) is 0 Å². The summed E-state index contributed by atoms with van der Waals surface area (Å²) in [6, 6.07) is 1.52. The Hall–Kier alpha value is -0.950. The molecule has 0 spiro atoms. The van der Waals surface area contributed by atoms with Crippen LogP contribution in [0, 0.1) is 0 Å². The molecule has 100 valence electrons. The molecule has 0 bridgehead atoms. The van der Waals surface area contributed by atoms with Crippen LogP contribution in [0.4, 0.5) is 8.78 Å². The number of nitrogens with zero attached hydrogens (tertiary/aromatic N) is 1. The summed E-state index contributed by atoms with van der Waals surface area (Å²) in [5.41, 5.74) is 0.664. The van der Waals surface area contributed by atoms with Crippen LogP contribution in [-0.2, 0) is 4.74 Å². The fourth-order valence-electron chi connectivity index (χ4n) is 1.48. The molecule has 1 aliphatic rings. The Labute approximate surface area is 107 Å². The summed E-state index contributed by atoms with van der Waals surface area (Å²) in [4.78, 5) is 18.3. The minimum Gasteiger partial charge on any atom is -0.375 e. The molecule has 18 heavy (non-hydrogen) atoms. The van der Waals surface area contributed by atoms with Crippen LogP contribution in [0.5, 0.6) is 0 Å². The van der Waals surface area contributed by atoms with Gasteiger partial charge in [-0.25, -0.2) is 13.8 Å². The summed E-state index contributed by atoms with van der Waals surface area (Å²) in [6.45, 7) is -0.334. The zero-order valence-corrected chi connectivity index (χ0v) is 10.5. The van der Waals surface area contributed by atoms with Crippen molar-refractivity contribution in [1.82, 2.24) is 9.97 Å². The van der Waals surface area contributed by atoms with Gasteiger partial charge in [0.2, 0.25) is 0 Å². The van der Waals surface area contributed by atoms with Gasteiger partial charge in [-0.1, -0.05) is 11.8 Å². The van der Waals surface area contributed by atoms with Gasteiger partial charge in [-0.05, 0) is 12.8 Å². The van der Waals surface area contributed by atoms with Gasteiger partial charge in [0.25, 0.3) is 12.0 Å². The van der Waals surface area contributed by atoms with E-state index in [-0.39, 0.29) is 12.2 Å². The van der Waals surface area contributed by atoms with Crippen molar-refractivity contribution in [1.29, 1.82) is 0 Å². The van der Waals surface area contributed by atoms with Gasteiger partial charge in [-0.2, -0.15) is 0 Å². The summed E-state index contributed by atoms with van der Waals surface area (Å²) in [5, 5.41) is 0.532. The molecule has 0 unspecified atom stereocenters. The zero-order chi connectivity index (χ0) is 13.0. The van der Waals surface area contributed by atoms with Crippen LogP contribution in [0.25, 0.3) is 0 Å². The minimum atomic E-state index is -2.44. The van der Waals surface area contributed by atoms with Crippen LogP contribution in [0.3, 0.4) is 0 Å². The molecule has 0 radical (unpaired) electrons. The van der Waals surface area contributed by atoms with E-state index in [2.05, 4.69) is 9.97 Å². The lowest BCUT2D eigenvalue weighted by Gasteiger charge is -2.04. The molecule has 0 atom stereocenters. The number of aromatic amines is 1. The molecule has 0 saturated heterocycles. The molecule has 1 saturated carbocycles. The van der Waals surface area contributed by atoms with Crippen molar-refractivity contribution in [3.8, 4) is 0 Å². The van der Waals surface area contributed by atoms with Crippen LogP contribution in [0.1, 0.15) is 24.5 Å². The number of ether oxygens (including phenoxy) is 1. The highest BCUT2D eigenvalue weighted by atomic mass is 32.2. The number of alkyl halides is 2. The molecule has 1 aliphatic carbocycles. The molecule has 7 heteroatoms. The molecule has 1 aromatic rings. The SMILES string of the molecule is O=c1cc(C2CC2)nc(SCCOCC(F)F)[nH]1. The fraction of sp³-hybridized carbons (Fsp3) is 0.636. The number of hydrogen-bond donors (Lipinski definition) is 1. The van der Waals surface area contributed by atoms with Crippen LogP contribution >= 0.6 is 11.8 Å². The van der Waals surface area contributed by atoms with Crippen LogP contribution in [0.15, 0.2) is 16.0 Å². The molecule has 0 aliphatic heterocycles. The smallest absolute Gasteiger partial charge is 0.261 e. The monoisotopic (exact) mass is 276 g/mol. The maximum absolute atomic E-state index is 11.8. The summed E-state index contributed by atoms with van der Waals surface area (Å²) in [6.07, 6.45) is -0.276. The Morgan fingerprint density at radius 3 is 3.00 bits per heavy atom. The average molecular weight is 276 g/mol. The number of hydrogen-bond acceptors (Lipinski definition) is 4. The first-order valence-corrected chi connectivity index (χ1v) is 6.73. The minimum absolute atomic E-state index is 0.164. The summed E-state index contributed by atoms with van der Waals surface area (Å²) in [7, 11) is 0. The molecule has 0 amide bonds. The van der Waals surface area contributed by atoms with E-state index in [1.165, 1.54) is 17.8 Å². The first kappa shape index (κ1) is 13.5. The van der Waals surface area contributed by atoms with Gasteiger partial charge in [0.15, 0.2) is 5.16 Å². The molecule has 4 nitrogen and oxygen atoms in total. The predicted octanol–water partition coefficient (Wildman–Crippen LogP) is 2.02. The molecule has 1 N–H and O–H groups in total. The molecule has 1 heterocycles. The number of nitrogens with one attached hydrogen (secondary N) is 1. The summed E-state index contributed by atoms with van der Waals surface area (Å²) in [5.74, 6) is 0.908. The van der Waals surface area contributed by atoms with E-state index in [0.717, 1.165) is 18.5 Å². The standard InChI is InChI=1S/C11H14F2N2O2S/c12-9(13)6-17-3-4-18-11-14-8(7-1-2-7)5-10(16)15-11/h5,7,9H,1-4,6H2,(H,14,15,16). The van der Waals surface area contributed by atoms with Crippen molar-refractivity contribution < 1.29 is 13.5 Å². The van der Waals surface area contributed by atoms with E-state index in [1.54, 1.807) is 0 Å². The van der Waals surface area contributed by atoms with E-state index in [9.17, 15) is 13.6 Å². The second-order valence-electron chi connectivity index (χ2n) is 4.06. The number of aromatic nitrogens is 2. The zero-order valence-electron chi connectivity index (χ0n) is 9.70. The summed E-state index contributed by atoms with van der Waals surface area (Å²) < 4.78 is 28.3. The van der Waals surface area contributed by atoms with Crippen molar-refractivity contribution in [3.63, 3.8) is 0 Å². The highest BCUT2D eigenvalue weighted by Gasteiger charge is 2.25. The van der Waals surface area contributed by atoms with Crippen molar-refractivity contribution in [2.45, 2.75) is 30.3 Å². The van der Waals surface area contributed by atoms with Gasteiger partial charge in [-0.15, -0.1) is 0 Å². The topological polar surface area (TPSA) is 55.0 Å². The number of thioether (sulfide) groups is 1. The first-order chi connectivity index (χ1) is 8.65. The lowest BCUT2D eigenvalue weighted by Crippen LogP contribution is -2.11. The third-order valence-electron chi connectivity index (χ3n) is 2.45. The van der Waals surface area contributed by atoms with Crippen molar-refractivity contribution in [2.75, 3.05) is 19.0 Å². The normalized spacial score (nSPS) is 15.3. The van der Waals surface area contributed by atoms with Crippen LogP contribution in [-0.4, -0.2) is 35.4 Å². The quantitative estimate of drug-likeness (QED) is 0.470. The Kier molecular flexibility index (Phi) is 4.71. The van der Waals surface area contributed by atoms with Crippen molar-refractivity contribution >= 4 is 11.8 Å². The highest BCUT2D eigenvalue weighted by Crippen LogP contribution is 2.38. The summed E-state index contributed by atoms with van der Waals surface area (Å²) >= 11 is 1.31. The highest BCUT2D eigenvalue weighted by molar-refractivity contribution is 7.99. The third kappa shape index (κ3) is 4.38. The lowest BCUT2D eigenvalue weighted by molar-refractivity contribution is 0.0237. The van der Waals surface area contributed by atoms with Crippen LogP contribution in [0.2, 0.25) is 0 Å². The number of rotatable bonds is 7. The maximum Gasteiger partial charge on any atom is 0.261 e. The number of halogens is 2. The fourth-order valence-corrected chi connectivity index (χ4v) is 2.22. The average Bonchev–Trinajstić information content (AvgIpc) is 3.11. The van der Waals surface area contributed by atoms with Gasteiger partial charge in [-0.3, -0.25) is 4.79 Å². The van der Waals surface area contributed by atoms with Crippen LogP contribution < -0.4 is 5.56 Å². The van der Waals surface area contributed by atoms with Gasteiger partial charge in [0.1, 0.15) is 6.61 Å². The van der Waals surface area contributed by atoms with Gasteiger partial charge in [0, 0.05) is 17.7 Å². The Bertz CT molecular complexity index is 449. The molecule has 1 fully saturated rings. The van der Waals surface area contributed by atoms with E-state index in [4.69, 9.17) is 4.74 Å². The molecule has 1 aromatic heterocycles. The second-order valence-corrected chi connectivity index (χ2v) is 5.15. The van der Waals surface area contributed by atoms with Crippen molar-refractivity contribution in [3.05, 3.63) is 22.1 Å². The third-order valence-corrected chi connectivity index (χ3v) is 3.28. The number of H-pyrrole nitrogens is 1. The molecular weight excluding hydrogens is 262 g/mol. The maximum atomic E-state index is 11.8. The Morgan fingerprint density at radius 1 is 1.56 bits per heavy atom. The molecule has 2 rings (SSSR count). The van der Waals surface area contributed by atoms with Gasteiger partial charge >= 0.3 is 0 Å². The predicted molar refractivity (Wildman–Crippen MR) is 64.4 cm³/mol. The second kappa shape index (κ2) is 6.29. The van der Waals surface area contributed by atoms with E-state index < -0.39 is 13.0 Å². The van der Waals surface area contributed by atoms with Crippen molar-refractivity contribution in [2.24, 2.45) is 0 Å². The molecular formula is C11H14F2N2O2S. The largest absolute Gasteiger partial charge is 0.375 e. The van der Waals surface area contributed by atoms with Gasteiger partial charge in [0.05, 0.1) is 12.3 Å².